The largest absolute Gasteiger partial charge is 0.302 e. The highest BCUT2D eigenvalue weighted by molar-refractivity contribution is 4.81. The summed E-state index contributed by atoms with van der Waals surface area (Å²) < 4.78 is 2.03. The van der Waals surface area contributed by atoms with Crippen LogP contribution < -0.4 is 0 Å². The summed E-state index contributed by atoms with van der Waals surface area (Å²) >= 11 is 0. The predicted octanol–water partition coefficient (Wildman–Crippen LogP) is 1.37. The molecule has 1 aromatic heterocycles. The topological polar surface area (TPSA) is 21.1 Å². The van der Waals surface area contributed by atoms with Gasteiger partial charge in [0.15, 0.2) is 0 Å². The summed E-state index contributed by atoms with van der Waals surface area (Å²) in [5.74, 6) is 0. The van der Waals surface area contributed by atoms with E-state index in [-0.39, 0.29) is 0 Å². The van der Waals surface area contributed by atoms with Crippen molar-refractivity contribution in [3.63, 3.8) is 0 Å². The molecular formula is C10H17N3. The zero-order valence-electron chi connectivity index (χ0n) is 8.19. The van der Waals surface area contributed by atoms with Crippen LogP contribution in [0.3, 0.4) is 0 Å². The Morgan fingerprint density at radius 1 is 1.46 bits per heavy atom. The highest BCUT2D eigenvalue weighted by atomic mass is 15.3. The Morgan fingerprint density at radius 3 is 3.08 bits per heavy atom. The monoisotopic (exact) mass is 179 g/mol. The maximum atomic E-state index is 4.23. The van der Waals surface area contributed by atoms with Crippen LogP contribution >= 0.6 is 0 Å². The standard InChI is InChI=1S/C10H17N3/c1-12-7-3-2-5-10(12)9-13-8-4-6-11-13/h4,6,8,10H,2-3,5,7,9H2,1H3. The third-order valence-corrected chi connectivity index (χ3v) is 2.88. The van der Waals surface area contributed by atoms with Gasteiger partial charge in [0.1, 0.15) is 0 Å². The minimum Gasteiger partial charge on any atom is -0.302 e. The quantitative estimate of drug-likeness (QED) is 0.683. The Hall–Kier alpha value is -0.830. The fraction of sp³-hybridized carbons (Fsp3) is 0.700. The van der Waals surface area contributed by atoms with Crippen molar-refractivity contribution in [3.05, 3.63) is 18.5 Å². The van der Waals surface area contributed by atoms with Crippen LogP contribution in [-0.4, -0.2) is 34.3 Å². The van der Waals surface area contributed by atoms with Gasteiger partial charge >= 0.3 is 0 Å². The lowest BCUT2D eigenvalue weighted by Crippen LogP contribution is -2.39. The van der Waals surface area contributed by atoms with Crippen molar-refractivity contribution in [1.29, 1.82) is 0 Å². The summed E-state index contributed by atoms with van der Waals surface area (Å²) in [6, 6.07) is 2.68. The van der Waals surface area contributed by atoms with Crippen LogP contribution in [0.1, 0.15) is 19.3 Å². The van der Waals surface area contributed by atoms with Gasteiger partial charge in [-0.15, -0.1) is 0 Å². The molecule has 0 amide bonds. The molecule has 1 unspecified atom stereocenters. The number of likely N-dealkylation sites (N-methyl/N-ethyl adjacent to an activating group) is 1. The van der Waals surface area contributed by atoms with Gasteiger partial charge in [-0.25, -0.2) is 0 Å². The van der Waals surface area contributed by atoms with Crippen LogP contribution in [0.2, 0.25) is 0 Å². The van der Waals surface area contributed by atoms with Gasteiger partial charge in [-0.2, -0.15) is 5.10 Å². The molecule has 2 rings (SSSR count). The molecule has 1 saturated heterocycles. The van der Waals surface area contributed by atoms with Crippen LogP contribution in [0.4, 0.5) is 0 Å². The van der Waals surface area contributed by atoms with E-state index in [0.717, 1.165) is 6.54 Å². The molecule has 3 heteroatoms. The minimum atomic E-state index is 0.689. The normalized spacial score (nSPS) is 24.8. The minimum absolute atomic E-state index is 0.689. The Labute approximate surface area is 79.3 Å². The lowest BCUT2D eigenvalue weighted by Gasteiger charge is -2.32. The molecule has 0 radical (unpaired) electrons. The first-order chi connectivity index (χ1) is 6.36. The van der Waals surface area contributed by atoms with E-state index in [1.807, 2.05) is 23.1 Å². The summed E-state index contributed by atoms with van der Waals surface area (Å²) in [4.78, 5) is 2.45. The fourth-order valence-corrected chi connectivity index (χ4v) is 2.00. The van der Waals surface area contributed by atoms with Gasteiger partial charge in [0.25, 0.3) is 0 Å². The predicted molar refractivity (Wildman–Crippen MR) is 52.5 cm³/mol. The number of likely N-dealkylation sites (tertiary alicyclic amines) is 1. The molecule has 0 spiro atoms. The molecule has 72 valence electrons. The molecule has 2 heterocycles. The van der Waals surface area contributed by atoms with E-state index in [9.17, 15) is 0 Å². The number of aromatic nitrogens is 2. The first-order valence-corrected chi connectivity index (χ1v) is 5.04. The molecule has 0 aliphatic carbocycles. The summed E-state index contributed by atoms with van der Waals surface area (Å²) in [6.07, 6.45) is 7.93. The Morgan fingerprint density at radius 2 is 2.38 bits per heavy atom. The van der Waals surface area contributed by atoms with Gasteiger partial charge in [0, 0.05) is 18.4 Å². The molecule has 13 heavy (non-hydrogen) atoms. The molecule has 1 aliphatic rings. The van der Waals surface area contributed by atoms with E-state index >= 15 is 0 Å². The second-order valence-corrected chi connectivity index (χ2v) is 3.86. The molecule has 1 aromatic rings. The van der Waals surface area contributed by atoms with Crippen molar-refractivity contribution in [2.24, 2.45) is 0 Å². The van der Waals surface area contributed by atoms with Crippen molar-refractivity contribution in [2.75, 3.05) is 13.6 Å². The maximum absolute atomic E-state index is 4.23. The lowest BCUT2D eigenvalue weighted by molar-refractivity contribution is 0.163. The summed E-state index contributed by atoms with van der Waals surface area (Å²) in [6.45, 7) is 2.29. The summed E-state index contributed by atoms with van der Waals surface area (Å²) in [5.41, 5.74) is 0. The second-order valence-electron chi connectivity index (χ2n) is 3.86. The van der Waals surface area contributed by atoms with Crippen LogP contribution in [0.5, 0.6) is 0 Å². The first-order valence-electron chi connectivity index (χ1n) is 5.04. The Kier molecular flexibility index (Phi) is 2.64. The van der Waals surface area contributed by atoms with Gasteiger partial charge in [0.05, 0.1) is 6.54 Å². The fourth-order valence-electron chi connectivity index (χ4n) is 2.00. The van der Waals surface area contributed by atoms with E-state index in [4.69, 9.17) is 0 Å². The molecule has 0 bridgehead atoms. The molecule has 1 fully saturated rings. The first kappa shape index (κ1) is 8.75. The Balaban J connectivity index is 1.93. The molecule has 0 N–H and O–H groups in total. The third-order valence-electron chi connectivity index (χ3n) is 2.88. The van der Waals surface area contributed by atoms with Crippen molar-refractivity contribution in [2.45, 2.75) is 31.8 Å². The van der Waals surface area contributed by atoms with Crippen LogP contribution in [-0.2, 0) is 6.54 Å². The number of hydrogen-bond acceptors (Lipinski definition) is 2. The smallest absolute Gasteiger partial charge is 0.0564 e. The molecular weight excluding hydrogens is 162 g/mol. The van der Waals surface area contributed by atoms with Gasteiger partial charge in [-0.3, -0.25) is 4.68 Å². The highest BCUT2D eigenvalue weighted by Gasteiger charge is 2.18. The average Bonchev–Trinajstić information content (AvgIpc) is 2.61. The van der Waals surface area contributed by atoms with E-state index in [2.05, 4.69) is 17.0 Å². The van der Waals surface area contributed by atoms with E-state index in [1.165, 1.54) is 25.8 Å². The molecule has 3 nitrogen and oxygen atoms in total. The zero-order valence-corrected chi connectivity index (χ0v) is 8.19. The number of nitrogens with zero attached hydrogens (tertiary/aromatic N) is 3. The van der Waals surface area contributed by atoms with Gasteiger partial charge < -0.3 is 4.90 Å². The van der Waals surface area contributed by atoms with Crippen LogP contribution in [0, 0.1) is 0 Å². The number of rotatable bonds is 2. The Bertz CT molecular complexity index is 243. The van der Waals surface area contributed by atoms with Crippen molar-refractivity contribution < 1.29 is 0 Å². The summed E-state index contributed by atoms with van der Waals surface area (Å²) in [5, 5.41) is 4.23. The zero-order chi connectivity index (χ0) is 9.10. The van der Waals surface area contributed by atoms with Crippen LogP contribution in [0.25, 0.3) is 0 Å². The molecule has 1 aliphatic heterocycles. The van der Waals surface area contributed by atoms with Gasteiger partial charge in [-0.05, 0) is 32.5 Å². The highest BCUT2D eigenvalue weighted by Crippen LogP contribution is 2.15. The maximum Gasteiger partial charge on any atom is 0.0564 e. The van der Waals surface area contributed by atoms with Crippen molar-refractivity contribution in [3.8, 4) is 0 Å². The van der Waals surface area contributed by atoms with E-state index in [1.54, 1.807) is 0 Å². The molecule has 1 atom stereocenters. The SMILES string of the molecule is CN1CCCCC1Cn1cccn1. The van der Waals surface area contributed by atoms with Gasteiger partial charge in [0.2, 0.25) is 0 Å². The molecule has 0 saturated carbocycles. The van der Waals surface area contributed by atoms with Crippen molar-refractivity contribution in [1.82, 2.24) is 14.7 Å². The second kappa shape index (κ2) is 3.92. The number of piperidine rings is 1. The average molecular weight is 179 g/mol. The third kappa shape index (κ3) is 2.10. The van der Waals surface area contributed by atoms with Gasteiger partial charge in [-0.1, -0.05) is 6.42 Å². The van der Waals surface area contributed by atoms with E-state index < -0.39 is 0 Å². The molecule has 0 aromatic carbocycles. The van der Waals surface area contributed by atoms with Crippen molar-refractivity contribution >= 4 is 0 Å². The van der Waals surface area contributed by atoms with Crippen LogP contribution in [0.15, 0.2) is 18.5 Å². The lowest BCUT2D eigenvalue weighted by atomic mass is 10.0. The summed E-state index contributed by atoms with van der Waals surface area (Å²) in [7, 11) is 2.22. The number of hydrogen-bond donors (Lipinski definition) is 0. The van der Waals surface area contributed by atoms with E-state index in [0.29, 0.717) is 6.04 Å².